The van der Waals surface area contributed by atoms with Gasteiger partial charge in [0.1, 0.15) is 11.6 Å². The number of methoxy groups -OCH3 is 1. The lowest BCUT2D eigenvalue weighted by molar-refractivity contribution is -0.127. The van der Waals surface area contributed by atoms with Crippen LogP contribution < -0.4 is 10.1 Å². The molecule has 1 fully saturated rings. The van der Waals surface area contributed by atoms with Crippen LogP contribution in [0.1, 0.15) is 50.3 Å². The number of amides is 1. The Kier molecular flexibility index (Phi) is 8.48. The van der Waals surface area contributed by atoms with Crippen LogP contribution in [0.25, 0.3) is 0 Å². The largest absolute Gasteiger partial charge is 0.497 e. The first-order chi connectivity index (χ1) is 15.7. The van der Waals surface area contributed by atoms with Crippen LogP contribution in [0.3, 0.4) is 0 Å². The van der Waals surface area contributed by atoms with Crippen molar-refractivity contribution in [2.45, 2.75) is 44.9 Å². The Bertz CT molecular complexity index is 1020. The van der Waals surface area contributed by atoms with Crippen molar-refractivity contribution in [2.75, 3.05) is 20.2 Å². The number of nitrogens with one attached hydrogen (secondary N) is 1. The summed E-state index contributed by atoms with van der Waals surface area (Å²) in [6.45, 7) is 4.85. The number of piperidine rings is 1. The molecule has 6 nitrogen and oxygen atoms in total. The van der Waals surface area contributed by atoms with Crippen molar-refractivity contribution in [1.82, 2.24) is 9.62 Å². The second-order valence-corrected chi connectivity index (χ2v) is 11.0. The predicted octanol–water partition coefficient (Wildman–Crippen LogP) is 4.28. The van der Waals surface area contributed by atoms with E-state index in [9.17, 15) is 17.6 Å². The highest BCUT2D eigenvalue weighted by atomic mass is 32.2. The van der Waals surface area contributed by atoms with E-state index in [1.54, 1.807) is 7.11 Å². The van der Waals surface area contributed by atoms with Crippen molar-refractivity contribution in [3.8, 4) is 5.75 Å². The van der Waals surface area contributed by atoms with Crippen molar-refractivity contribution < 1.29 is 22.3 Å². The maximum Gasteiger partial charge on any atom is 0.223 e. The fourth-order valence-electron chi connectivity index (χ4n) is 4.15. The summed E-state index contributed by atoms with van der Waals surface area (Å²) in [5.74, 6) is 0.340. The highest BCUT2D eigenvalue weighted by Gasteiger charge is 2.32. The van der Waals surface area contributed by atoms with Crippen LogP contribution in [-0.4, -0.2) is 38.8 Å². The van der Waals surface area contributed by atoms with Crippen LogP contribution in [0.5, 0.6) is 5.75 Å². The molecule has 0 aliphatic carbocycles. The summed E-state index contributed by atoms with van der Waals surface area (Å²) in [4.78, 5) is 13.0. The van der Waals surface area contributed by atoms with Crippen molar-refractivity contribution >= 4 is 15.9 Å². The van der Waals surface area contributed by atoms with Gasteiger partial charge in [-0.3, -0.25) is 4.79 Å². The second-order valence-electron chi connectivity index (χ2n) is 9.02. The summed E-state index contributed by atoms with van der Waals surface area (Å²) in [5, 5.41) is 3.19. The molecule has 0 unspecified atom stereocenters. The molecular weight excluding hydrogens is 443 g/mol. The molecule has 1 aliphatic rings. The number of nitrogens with zero attached hydrogens (tertiary/aromatic N) is 1. The highest BCUT2D eigenvalue weighted by Crippen LogP contribution is 2.27. The lowest BCUT2D eigenvalue weighted by atomic mass is 9.93. The topological polar surface area (TPSA) is 75.7 Å². The monoisotopic (exact) mass is 476 g/mol. The number of carbonyl (C=O) groups is 1. The number of hydrogen-bond acceptors (Lipinski definition) is 4. The third-order valence-electron chi connectivity index (χ3n) is 6.02. The molecular formula is C25H33FN2O4S. The average molecular weight is 477 g/mol. The summed E-state index contributed by atoms with van der Waals surface area (Å²) in [6.07, 6.45) is 1.76. The number of benzene rings is 2. The maximum absolute atomic E-state index is 13.1. The van der Waals surface area contributed by atoms with Gasteiger partial charge in [-0.25, -0.2) is 17.1 Å². The molecule has 0 aromatic heterocycles. The number of halogens is 1. The maximum atomic E-state index is 13.1. The lowest BCUT2D eigenvalue weighted by Crippen LogP contribution is -2.44. The molecule has 2 aromatic carbocycles. The molecule has 1 heterocycles. The Labute approximate surface area is 196 Å². The fraction of sp³-hybridized carbons (Fsp3) is 0.480. The first-order valence-corrected chi connectivity index (χ1v) is 13.0. The van der Waals surface area contributed by atoms with Gasteiger partial charge < -0.3 is 10.1 Å². The predicted molar refractivity (Wildman–Crippen MR) is 127 cm³/mol. The van der Waals surface area contributed by atoms with Gasteiger partial charge in [-0.2, -0.15) is 0 Å². The molecule has 1 N–H and O–H groups in total. The van der Waals surface area contributed by atoms with E-state index in [1.165, 1.54) is 28.6 Å². The van der Waals surface area contributed by atoms with E-state index in [-0.39, 0.29) is 23.6 Å². The number of ether oxygens (including phenoxy) is 1. The third kappa shape index (κ3) is 7.01. The molecule has 2 aromatic rings. The molecule has 1 amide bonds. The number of hydrogen-bond donors (Lipinski definition) is 1. The summed E-state index contributed by atoms with van der Waals surface area (Å²) < 4.78 is 45.3. The number of sulfonamides is 1. The van der Waals surface area contributed by atoms with Crippen molar-refractivity contribution in [2.24, 2.45) is 11.8 Å². The Morgan fingerprint density at radius 1 is 1.09 bits per heavy atom. The SMILES string of the molecule is COc1ccc([C@@H](CC(C)C)NC(=O)C2CCN(S(=O)(=O)Cc3ccc(F)cc3)CC2)cc1. The highest BCUT2D eigenvalue weighted by molar-refractivity contribution is 7.88. The van der Waals surface area contributed by atoms with Gasteiger partial charge in [0.05, 0.1) is 18.9 Å². The lowest BCUT2D eigenvalue weighted by Gasteiger charge is -2.32. The Balaban J connectivity index is 1.59. The van der Waals surface area contributed by atoms with Gasteiger partial charge in [0.15, 0.2) is 0 Å². The minimum Gasteiger partial charge on any atom is -0.497 e. The Morgan fingerprint density at radius 3 is 2.24 bits per heavy atom. The number of rotatable bonds is 9. The third-order valence-corrected chi connectivity index (χ3v) is 7.87. The van der Waals surface area contributed by atoms with Gasteiger partial charge in [0.25, 0.3) is 0 Å². The summed E-state index contributed by atoms with van der Waals surface area (Å²) in [5.41, 5.74) is 1.57. The smallest absolute Gasteiger partial charge is 0.223 e. The van der Waals surface area contributed by atoms with Crippen LogP contribution in [0.2, 0.25) is 0 Å². The van der Waals surface area contributed by atoms with Crippen LogP contribution in [0, 0.1) is 17.7 Å². The molecule has 1 aliphatic heterocycles. The Hall–Kier alpha value is -2.45. The molecule has 0 bridgehead atoms. The molecule has 33 heavy (non-hydrogen) atoms. The van der Waals surface area contributed by atoms with Gasteiger partial charge in [0, 0.05) is 19.0 Å². The molecule has 1 atom stereocenters. The molecule has 3 rings (SSSR count). The van der Waals surface area contributed by atoms with Gasteiger partial charge in [-0.15, -0.1) is 0 Å². The molecule has 1 saturated heterocycles. The standard InChI is InChI=1S/C25H33FN2O4S/c1-18(2)16-24(20-6-10-23(32-3)11-7-20)27-25(29)21-12-14-28(15-13-21)33(30,31)17-19-4-8-22(26)9-5-19/h4-11,18,21,24H,12-17H2,1-3H3,(H,27,29)/t24-/m1/s1. The van der Waals surface area contributed by atoms with Crippen LogP contribution in [0.4, 0.5) is 4.39 Å². The summed E-state index contributed by atoms with van der Waals surface area (Å²) in [7, 11) is -1.90. The van der Waals surface area contributed by atoms with Gasteiger partial charge in [0.2, 0.25) is 15.9 Å². The quantitative estimate of drug-likeness (QED) is 0.586. The molecule has 0 spiro atoms. The fourth-order valence-corrected chi connectivity index (χ4v) is 5.72. The zero-order chi connectivity index (χ0) is 24.0. The van der Waals surface area contributed by atoms with E-state index in [0.717, 1.165) is 17.7 Å². The van der Waals surface area contributed by atoms with Gasteiger partial charge >= 0.3 is 0 Å². The zero-order valence-corrected chi connectivity index (χ0v) is 20.3. The van der Waals surface area contributed by atoms with E-state index < -0.39 is 15.8 Å². The zero-order valence-electron chi connectivity index (χ0n) is 19.5. The normalized spacial score (nSPS) is 16.5. The van der Waals surface area contributed by atoms with Crippen molar-refractivity contribution in [1.29, 1.82) is 0 Å². The van der Waals surface area contributed by atoms with Crippen molar-refractivity contribution in [3.05, 3.63) is 65.5 Å². The minimum atomic E-state index is -3.52. The average Bonchev–Trinajstić information content (AvgIpc) is 2.80. The second kappa shape index (κ2) is 11.1. The van der Waals surface area contributed by atoms with E-state index >= 15 is 0 Å². The number of carbonyl (C=O) groups excluding carboxylic acids is 1. The molecule has 0 saturated carbocycles. The van der Waals surface area contributed by atoms with Gasteiger partial charge in [-0.1, -0.05) is 38.1 Å². The van der Waals surface area contributed by atoms with Gasteiger partial charge in [-0.05, 0) is 60.6 Å². The summed E-state index contributed by atoms with van der Waals surface area (Å²) >= 11 is 0. The van der Waals surface area contributed by atoms with E-state index in [0.29, 0.717) is 37.4 Å². The molecule has 8 heteroatoms. The minimum absolute atomic E-state index is 0.0351. The van der Waals surface area contributed by atoms with E-state index in [4.69, 9.17) is 4.74 Å². The molecule has 180 valence electrons. The van der Waals surface area contributed by atoms with E-state index in [2.05, 4.69) is 19.2 Å². The van der Waals surface area contributed by atoms with Crippen LogP contribution in [0.15, 0.2) is 48.5 Å². The first kappa shape index (κ1) is 25.2. The van der Waals surface area contributed by atoms with E-state index in [1.807, 2.05) is 24.3 Å². The van der Waals surface area contributed by atoms with Crippen LogP contribution >= 0.6 is 0 Å². The van der Waals surface area contributed by atoms with Crippen LogP contribution in [-0.2, 0) is 20.6 Å². The molecule has 0 radical (unpaired) electrons. The van der Waals surface area contributed by atoms with Crippen molar-refractivity contribution in [3.63, 3.8) is 0 Å². The first-order valence-electron chi connectivity index (χ1n) is 11.3. The summed E-state index contributed by atoms with van der Waals surface area (Å²) in [6, 6.07) is 13.1. The Morgan fingerprint density at radius 2 is 1.70 bits per heavy atom.